The van der Waals surface area contributed by atoms with Gasteiger partial charge in [0, 0.05) is 22.6 Å². The van der Waals surface area contributed by atoms with Crippen molar-refractivity contribution in [3.63, 3.8) is 0 Å². The largest absolute Gasteiger partial charge is 0.327 e. The van der Waals surface area contributed by atoms with Crippen LogP contribution in [0.1, 0.15) is 19.5 Å². The first-order valence-electron chi connectivity index (χ1n) is 6.89. The summed E-state index contributed by atoms with van der Waals surface area (Å²) in [6.07, 6.45) is 4.00. The van der Waals surface area contributed by atoms with Crippen LogP contribution in [0.2, 0.25) is 0 Å². The Morgan fingerprint density at radius 3 is 2.76 bits per heavy atom. The van der Waals surface area contributed by atoms with E-state index in [4.69, 9.17) is 0 Å². The standard InChI is InChI=1S/C13H12N4O2.C2H6/c1-9-11-4-2-3-5-12(11)16(15-9)10-6-7-14-13(8-10)17(18)19;1-2/h2-8,13-14H,1H3;1-2H3. The number of aromatic nitrogens is 2. The van der Waals surface area contributed by atoms with Gasteiger partial charge in [0.2, 0.25) is 0 Å². The number of fused-ring (bicyclic) bond motifs is 1. The second-order valence-corrected chi connectivity index (χ2v) is 4.34. The maximum Gasteiger partial charge on any atom is 0.305 e. The molecule has 0 fully saturated rings. The van der Waals surface area contributed by atoms with Crippen molar-refractivity contribution in [2.75, 3.05) is 0 Å². The monoisotopic (exact) mass is 286 g/mol. The van der Waals surface area contributed by atoms with Crippen LogP contribution in [0.15, 0.2) is 42.6 Å². The maximum atomic E-state index is 10.8. The van der Waals surface area contributed by atoms with Gasteiger partial charge < -0.3 is 5.32 Å². The molecule has 3 rings (SSSR count). The molecular formula is C15H18N4O2. The van der Waals surface area contributed by atoms with E-state index < -0.39 is 6.17 Å². The Hall–Kier alpha value is -2.63. The van der Waals surface area contributed by atoms with Crippen molar-refractivity contribution >= 4 is 16.6 Å². The van der Waals surface area contributed by atoms with Crippen molar-refractivity contribution in [3.8, 4) is 0 Å². The SMILES string of the molecule is CC.Cc1nn(C2=CC([N+](=O)[O-])NC=C2)c2ccccc12. The molecule has 0 bridgehead atoms. The Morgan fingerprint density at radius 1 is 1.33 bits per heavy atom. The van der Waals surface area contributed by atoms with E-state index in [1.165, 1.54) is 0 Å². The molecule has 1 aliphatic rings. The third-order valence-electron chi connectivity index (χ3n) is 3.09. The number of nitrogens with zero attached hydrogens (tertiary/aromatic N) is 3. The molecule has 0 amide bonds. The molecular weight excluding hydrogens is 268 g/mol. The van der Waals surface area contributed by atoms with Crippen molar-refractivity contribution in [1.82, 2.24) is 15.1 Å². The predicted molar refractivity (Wildman–Crippen MR) is 83.1 cm³/mol. The van der Waals surface area contributed by atoms with E-state index in [-0.39, 0.29) is 4.92 Å². The second-order valence-electron chi connectivity index (χ2n) is 4.34. The lowest BCUT2D eigenvalue weighted by atomic mass is 10.2. The van der Waals surface area contributed by atoms with E-state index in [0.29, 0.717) is 5.70 Å². The highest BCUT2D eigenvalue weighted by atomic mass is 16.6. The minimum absolute atomic E-state index is 0.373. The number of aryl methyl sites for hydroxylation is 1. The summed E-state index contributed by atoms with van der Waals surface area (Å²) in [6, 6.07) is 7.82. The summed E-state index contributed by atoms with van der Waals surface area (Å²) < 4.78 is 1.73. The number of allylic oxidation sites excluding steroid dienone is 2. The normalized spacial score (nSPS) is 16.7. The Morgan fingerprint density at radius 2 is 2.05 bits per heavy atom. The van der Waals surface area contributed by atoms with Crippen LogP contribution in [0.25, 0.3) is 16.6 Å². The van der Waals surface area contributed by atoms with Crippen molar-refractivity contribution in [3.05, 3.63) is 58.4 Å². The maximum absolute atomic E-state index is 10.8. The third kappa shape index (κ3) is 2.79. The number of para-hydroxylation sites is 1. The fraction of sp³-hybridized carbons (Fsp3) is 0.267. The highest BCUT2D eigenvalue weighted by Gasteiger charge is 2.20. The van der Waals surface area contributed by atoms with Gasteiger partial charge in [-0.05, 0) is 19.1 Å². The second kappa shape index (κ2) is 6.21. The Balaban J connectivity index is 0.000000774. The van der Waals surface area contributed by atoms with E-state index in [2.05, 4.69) is 10.4 Å². The summed E-state index contributed by atoms with van der Waals surface area (Å²) in [5, 5.41) is 19.0. The number of hydrogen-bond acceptors (Lipinski definition) is 4. The zero-order chi connectivity index (χ0) is 15.4. The number of nitro groups is 1. The lowest BCUT2D eigenvalue weighted by Gasteiger charge is -2.13. The van der Waals surface area contributed by atoms with Gasteiger partial charge in [-0.3, -0.25) is 10.1 Å². The van der Waals surface area contributed by atoms with E-state index in [0.717, 1.165) is 16.6 Å². The van der Waals surface area contributed by atoms with Crippen LogP contribution in [0.5, 0.6) is 0 Å². The molecule has 1 unspecified atom stereocenters. The number of dihydropyridines is 1. The van der Waals surface area contributed by atoms with Gasteiger partial charge in [0.1, 0.15) is 0 Å². The molecule has 1 atom stereocenters. The predicted octanol–water partition coefficient (Wildman–Crippen LogP) is 2.93. The van der Waals surface area contributed by atoms with E-state index >= 15 is 0 Å². The third-order valence-corrected chi connectivity index (χ3v) is 3.09. The van der Waals surface area contributed by atoms with Gasteiger partial charge >= 0.3 is 6.17 Å². The highest BCUT2D eigenvalue weighted by Crippen LogP contribution is 2.22. The van der Waals surface area contributed by atoms with Crippen molar-refractivity contribution in [2.24, 2.45) is 0 Å². The van der Waals surface area contributed by atoms with Crippen LogP contribution in [-0.2, 0) is 0 Å². The zero-order valence-electron chi connectivity index (χ0n) is 12.3. The molecule has 0 saturated carbocycles. The number of rotatable bonds is 2. The molecule has 1 N–H and O–H groups in total. The van der Waals surface area contributed by atoms with Gasteiger partial charge in [-0.2, -0.15) is 5.10 Å². The molecule has 0 aliphatic carbocycles. The fourth-order valence-corrected chi connectivity index (χ4v) is 2.18. The Kier molecular flexibility index (Phi) is 4.37. The molecule has 1 aromatic heterocycles. The van der Waals surface area contributed by atoms with Crippen molar-refractivity contribution < 1.29 is 4.92 Å². The van der Waals surface area contributed by atoms with Gasteiger partial charge in [0.05, 0.1) is 16.9 Å². The fourth-order valence-electron chi connectivity index (χ4n) is 2.18. The molecule has 0 radical (unpaired) electrons. The minimum Gasteiger partial charge on any atom is -0.327 e. The van der Waals surface area contributed by atoms with Gasteiger partial charge in [0.15, 0.2) is 0 Å². The molecule has 0 spiro atoms. The topological polar surface area (TPSA) is 73.0 Å². The van der Waals surface area contributed by atoms with E-state index in [9.17, 15) is 10.1 Å². The quantitative estimate of drug-likeness (QED) is 0.680. The van der Waals surface area contributed by atoms with E-state index in [1.807, 2.05) is 45.0 Å². The first kappa shape index (κ1) is 14.8. The molecule has 21 heavy (non-hydrogen) atoms. The first-order valence-corrected chi connectivity index (χ1v) is 6.89. The van der Waals surface area contributed by atoms with Crippen LogP contribution < -0.4 is 5.32 Å². The summed E-state index contributed by atoms with van der Waals surface area (Å²) in [7, 11) is 0. The lowest BCUT2D eigenvalue weighted by Crippen LogP contribution is -2.33. The summed E-state index contributed by atoms with van der Waals surface area (Å²) in [5.41, 5.74) is 2.55. The molecule has 1 aliphatic heterocycles. The number of hydrogen-bond donors (Lipinski definition) is 1. The zero-order valence-corrected chi connectivity index (χ0v) is 12.3. The van der Waals surface area contributed by atoms with E-state index in [1.54, 1.807) is 23.0 Å². The van der Waals surface area contributed by atoms with Crippen LogP contribution >= 0.6 is 0 Å². The van der Waals surface area contributed by atoms with Gasteiger partial charge in [-0.25, -0.2) is 4.68 Å². The molecule has 6 heteroatoms. The molecule has 2 aromatic rings. The summed E-state index contributed by atoms with van der Waals surface area (Å²) in [4.78, 5) is 10.5. The van der Waals surface area contributed by atoms with Gasteiger partial charge in [0.25, 0.3) is 0 Å². The molecule has 1 aromatic carbocycles. The van der Waals surface area contributed by atoms with Crippen molar-refractivity contribution in [1.29, 1.82) is 0 Å². The number of benzene rings is 1. The summed E-state index contributed by atoms with van der Waals surface area (Å²) >= 11 is 0. The lowest BCUT2D eigenvalue weighted by molar-refractivity contribution is -0.514. The first-order chi connectivity index (χ1) is 10.2. The van der Waals surface area contributed by atoms with Gasteiger partial charge in [-0.1, -0.05) is 32.0 Å². The minimum atomic E-state index is -0.914. The van der Waals surface area contributed by atoms with Crippen molar-refractivity contribution in [2.45, 2.75) is 26.9 Å². The van der Waals surface area contributed by atoms with Crippen LogP contribution in [-0.4, -0.2) is 20.9 Å². The molecule has 110 valence electrons. The smallest absolute Gasteiger partial charge is 0.305 e. The average Bonchev–Trinajstić information content (AvgIpc) is 2.87. The Labute approximate surface area is 122 Å². The molecule has 6 nitrogen and oxygen atoms in total. The van der Waals surface area contributed by atoms with Crippen LogP contribution in [0.4, 0.5) is 0 Å². The van der Waals surface area contributed by atoms with Crippen LogP contribution in [0.3, 0.4) is 0 Å². The average molecular weight is 286 g/mol. The van der Waals surface area contributed by atoms with Crippen LogP contribution in [0, 0.1) is 17.0 Å². The Bertz CT molecular complexity index is 716. The highest BCUT2D eigenvalue weighted by molar-refractivity contribution is 5.85. The molecule has 2 heterocycles. The molecule has 0 saturated heterocycles. The summed E-state index contributed by atoms with van der Waals surface area (Å²) in [5.74, 6) is 0. The number of nitrogens with one attached hydrogen (secondary N) is 1. The summed E-state index contributed by atoms with van der Waals surface area (Å²) in [6.45, 7) is 5.93. The van der Waals surface area contributed by atoms with Gasteiger partial charge in [-0.15, -0.1) is 0 Å².